The largest absolute Gasteiger partial charge is 0.462 e. The highest BCUT2D eigenvalue weighted by Gasteiger charge is 2.55. The summed E-state index contributed by atoms with van der Waals surface area (Å²) in [7, 11) is 0. The third kappa shape index (κ3) is 2.27. The fourth-order valence-corrected chi connectivity index (χ4v) is 4.55. The van der Waals surface area contributed by atoms with Crippen LogP contribution in [0.4, 0.5) is 0 Å². The molecule has 2 aliphatic carbocycles. The predicted molar refractivity (Wildman–Crippen MR) is 74.1 cm³/mol. The van der Waals surface area contributed by atoms with Crippen LogP contribution in [-0.4, -0.2) is 35.4 Å². The lowest BCUT2D eigenvalue weighted by atomic mass is 9.79. The van der Waals surface area contributed by atoms with E-state index in [0.717, 1.165) is 19.3 Å². The number of hydrogen-bond donors (Lipinski definition) is 1. The molecular formula is C16H22O5. The summed E-state index contributed by atoms with van der Waals surface area (Å²) < 4.78 is 10.8. The molecule has 3 aliphatic rings. The standard InChI is InChI=1S/C16H22O5/c1-7-6-12-13(8(2)16(19)21-12)15(18)14-10(7)4-5-11(14)20-9(3)17/h7,10-15,18H,2,4-6H2,1,3H3/t7-,10+,11+,12+,13-,14+,15+/m1/s1. The van der Waals surface area contributed by atoms with E-state index < -0.39 is 12.1 Å². The first-order valence-corrected chi connectivity index (χ1v) is 7.65. The summed E-state index contributed by atoms with van der Waals surface area (Å²) in [4.78, 5) is 23.0. The van der Waals surface area contributed by atoms with Crippen molar-refractivity contribution in [1.82, 2.24) is 0 Å². The second-order valence-corrected chi connectivity index (χ2v) is 6.66. The van der Waals surface area contributed by atoms with Gasteiger partial charge in [0.15, 0.2) is 0 Å². The maximum Gasteiger partial charge on any atom is 0.334 e. The Morgan fingerprint density at radius 3 is 2.81 bits per heavy atom. The van der Waals surface area contributed by atoms with E-state index in [9.17, 15) is 14.7 Å². The van der Waals surface area contributed by atoms with E-state index in [2.05, 4.69) is 13.5 Å². The zero-order chi connectivity index (χ0) is 15.3. The number of ether oxygens (including phenoxy) is 2. The first-order chi connectivity index (χ1) is 9.90. The Balaban J connectivity index is 1.91. The van der Waals surface area contributed by atoms with Gasteiger partial charge in [0.1, 0.15) is 12.2 Å². The third-order valence-electron chi connectivity index (χ3n) is 5.45. The minimum Gasteiger partial charge on any atom is -0.462 e. The molecule has 116 valence electrons. The summed E-state index contributed by atoms with van der Waals surface area (Å²) >= 11 is 0. The monoisotopic (exact) mass is 294 g/mol. The van der Waals surface area contributed by atoms with Crippen molar-refractivity contribution in [2.45, 2.75) is 51.4 Å². The van der Waals surface area contributed by atoms with Gasteiger partial charge in [-0.25, -0.2) is 4.79 Å². The second kappa shape index (κ2) is 5.13. The number of aliphatic hydroxyl groups excluding tert-OH is 1. The summed E-state index contributed by atoms with van der Waals surface area (Å²) in [5.74, 6) is -0.618. The van der Waals surface area contributed by atoms with Gasteiger partial charge in [0.25, 0.3) is 0 Å². The van der Waals surface area contributed by atoms with Crippen molar-refractivity contribution in [3.63, 3.8) is 0 Å². The molecule has 3 fully saturated rings. The van der Waals surface area contributed by atoms with Gasteiger partial charge in [0.2, 0.25) is 0 Å². The topological polar surface area (TPSA) is 72.8 Å². The Kier molecular flexibility index (Phi) is 3.56. The van der Waals surface area contributed by atoms with Gasteiger partial charge in [-0.2, -0.15) is 0 Å². The van der Waals surface area contributed by atoms with E-state index in [1.54, 1.807) is 0 Å². The molecule has 0 spiro atoms. The number of esters is 2. The normalized spacial score (nSPS) is 45.6. The number of fused-ring (bicyclic) bond motifs is 2. The van der Waals surface area contributed by atoms with Crippen LogP contribution in [0.5, 0.6) is 0 Å². The molecule has 0 aromatic carbocycles. The van der Waals surface area contributed by atoms with Crippen LogP contribution in [0.15, 0.2) is 12.2 Å². The highest BCUT2D eigenvalue weighted by atomic mass is 16.6. The Hall–Kier alpha value is -1.36. The smallest absolute Gasteiger partial charge is 0.334 e. The maximum atomic E-state index is 11.7. The Labute approximate surface area is 124 Å². The van der Waals surface area contributed by atoms with Gasteiger partial charge >= 0.3 is 11.9 Å². The number of hydrogen-bond acceptors (Lipinski definition) is 5. The molecule has 1 saturated heterocycles. The van der Waals surface area contributed by atoms with Crippen molar-refractivity contribution >= 4 is 11.9 Å². The number of carbonyl (C=O) groups is 2. The molecule has 1 aliphatic heterocycles. The van der Waals surface area contributed by atoms with E-state index in [4.69, 9.17) is 9.47 Å². The SMILES string of the molecule is C=C1C(=O)O[C@H]2C[C@@H](C)[C@@H]3CC[C@H](OC(C)=O)[C@H]3[C@@H](O)[C@H]12. The van der Waals surface area contributed by atoms with E-state index in [1.165, 1.54) is 6.92 Å². The Morgan fingerprint density at radius 2 is 2.14 bits per heavy atom. The molecule has 7 atom stereocenters. The average molecular weight is 294 g/mol. The predicted octanol–water partition coefficient (Wildman–Crippen LogP) is 1.44. The highest BCUT2D eigenvalue weighted by Crippen LogP contribution is 2.50. The quantitative estimate of drug-likeness (QED) is 0.585. The van der Waals surface area contributed by atoms with E-state index in [1.807, 2.05) is 0 Å². The first kappa shape index (κ1) is 14.6. The first-order valence-electron chi connectivity index (χ1n) is 7.65. The van der Waals surface area contributed by atoms with Gasteiger partial charge < -0.3 is 14.6 Å². The summed E-state index contributed by atoms with van der Waals surface area (Å²) in [6.45, 7) is 7.31. The van der Waals surface area contributed by atoms with Crippen molar-refractivity contribution in [2.75, 3.05) is 0 Å². The summed E-state index contributed by atoms with van der Waals surface area (Å²) in [6, 6.07) is 0. The summed E-state index contributed by atoms with van der Waals surface area (Å²) in [5.41, 5.74) is 0.355. The molecule has 0 unspecified atom stereocenters. The van der Waals surface area contributed by atoms with E-state index in [0.29, 0.717) is 17.4 Å². The number of aliphatic hydroxyl groups is 1. The fourth-order valence-electron chi connectivity index (χ4n) is 4.55. The molecule has 3 rings (SSSR count). The van der Waals surface area contributed by atoms with Crippen molar-refractivity contribution < 1.29 is 24.2 Å². The molecule has 2 saturated carbocycles. The lowest BCUT2D eigenvalue weighted by Gasteiger charge is -2.31. The van der Waals surface area contributed by atoms with E-state index >= 15 is 0 Å². The minimum atomic E-state index is -0.740. The Bertz CT molecular complexity index is 485. The Morgan fingerprint density at radius 1 is 1.43 bits per heavy atom. The lowest BCUT2D eigenvalue weighted by molar-refractivity contribution is -0.151. The van der Waals surface area contributed by atoms with E-state index in [-0.39, 0.29) is 30.0 Å². The van der Waals surface area contributed by atoms with Crippen LogP contribution in [-0.2, 0) is 19.1 Å². The fraction of sp³-hybridized carbons (Fsp3) is 0.750. The molecule has 1 heterocycles. The third-order valence-corrected chi connectivity index (χ3v) is 5.45. The average Bonchev–Trinajstić information content (AvgIpc) is 2.88. The molecule has 0 bridgehead atoms. The molecule has 0 aromatic rings. The van der Waals surface area contributed by atoms with Crippen LogP contribution >= 0.6 is 0 Å². The zero-order valence-corrected chi connectivity index (χ0v) is 12.5. The highest BCUT2D eigenvalue weighted by molar-refractivity contribution is 5.91. The molecule has 0 amide bonds. The van der Waals surface area contributed by atoms with Crippen molar-refractivity contribution in [3.8, 4) is 0 Å². The van der Waals surface area contributed by atoms with Crippen LogP contribution in [0.25, 0.3) is 0 Å². The zero-order valence-electron chi connectivity index (χ0n) is 12.5. The molecule has 21 heavy (non-hydrogen) atoms. The molecular weight excluding hydrogens is 272 g/mol. The molecule has 5 nitrogen and oxygen atoms in total. The van der Waals surface area contributed by atoms with Gasteiger partial charge in [-0.15, -0.1) is 0 Å². The van der Waals surface area contributed by atoms with Crippen LogP contribution in [0.1, 0.15) is 33.1 Å². The molecule has 1 N–H and O–H groups in total. The van der Waals surface area contributed by atoms with Gasteiger partial charge in [-0.1, -0.05) is 13.5 Å². The van der Waals surface area contributed by atoms with Gasteiger partial charge in [0.05, 0.1) is 12.0 Å². The van der Waals surface area contributed by atoms with Gasteiger partial charge in [-0.3, -0.25) is 4.79 Å². The van der Waals surface area contributed by atoms with Crippen LogP contribution in [0.3, 0.4) is 0 Å². The van der Waals surface area contributed by atoms with Gasteiger partial charge in [-0.05, 0) is 31.1 Å². The second-order valence-electron chi connectivity index (χ2n) is 6.66. The molecule has 0 aromatic heterocycles. The number of carbonyl (C=O) groups excluding carboxylic acids is 2. The number of rotatable bonds is 1. The maximum absolute atomic E-state index is 11.7. The molecule has 5 heteroatoms. The summed E-state index contributed by atoms with van der Waals surface area (Å²) in [5, 5.41) is 10.8. The van der Waals surface area contributed by atoms with Crippen molar-refractivity contribution in [3.05, 3.63) is 12.2 Å². The van der Waals surface area contributed by atoms with Crippen molar-refractivity contribution in [1.29, 1.82) is 0 Å². The minimum absolute atomic E-state index is 0.134. The van der Waals surface area contributed by atoms with Crippen LogP contribution in [0, 0.1) is 23.7 Å². The molecule has 0 radical (unpaired) electrons. The van der Waals surface area contributed by atoms with Crippen LogP contribution in [0.2, 0.25) is 0 Å². The lowest BCUT2D eigenvalue weighted by Crippen LogP contribution is -2.40. The van der Waals surface area contributed by atoms with Crippen molar-refractivity contribution in [2.24, 2.45) is 23.7 Å². The summed E-state index contributed by atoms with van der Waals surface area (Å²) in [6.07, 6.45) is 1.14. The van der Waals surface area contributed by atoms with Crippen LogP contribution < -0.4 is 0 Å². The van der Waals surface area contributed by atoms with Gasteiger partial charge in [0, 0.05) is 18.4 Å².